The van der Waals surface area contributed by atoms with E-state index >= 15 is 0 Å². The van der Waals surface area contributed by atoms with Crippen LogP contribution < -0.4 is 5.32 Å². The number of aromatic nitrogens is 2. The van der Waals surface area contributed by atoms with Gasteiger partial charge in [0.05, 0.1) is 15.9 Å². The van der Waals surface area contributed by atoms with Gasteiger partial charge in [-0.25, -0.2) is 0 Å². The van der Waals surface area contributed by atoms with E-state index in [0.717, 1.165) is 24.7 Å². The van der Waals surface area contributed by atoms with Crippen LogP contribution in [-0.4, -0.2) is 15.8 Å². The number of nitrogens with zero attached hydrogens (tertiary/aromatic N) is 2. The first-order chi connectivity index (χ1) is 9.13. The minimum Gasteiger partial charge on any atom is -0.308 e. The van der Waals surface area contributed by atoms with Crippen LogP contribution in [0.15, 0.2) is 4.47 Å². The third kappa shape index (κ3) is 3.60. The average Bonchev–Trinajstić information content (AvgIpc) is 2.56. The second-order valence-electron chi connectivity index (χ2n) is 5.76. The SMILES string of the molecule is CCn1nc(C)c(Br)c1CNC1CCCCCC1C. The molecule has 0 aliphatic heterocycles. The Morgan fingerprint density at radius 2 is 2.05 bits per heavy atom. The van der Waals surface area contributed by atoms with Crippen LogP contribution in [-0.2, 0) is 13.1 Å². The summed E-state index contributed by atoms with van der Waals surface area (Å²) in [4.78, 5) is 0. The molecule has 1 aliphatic rings. The number of hydrogen-bond acceptors (Lipinski definition) is 2. The van der Waals surface area contributed by atoms with E-state index in [1.807, 2.05) is 0 Å². The van der Waals surface area contributed by atoms with E-state index in [4.69, 9.17) is 0 Å². The summed E-state index contributed by atoms with van der Waals surface area (Å²) >= 11 is 3.67. The van der Waals surface area contributed by atoms with Crippen molar-refractivity contribution in [1.82, 2.24) is 15.1 Å². The van der Waals surface area contributed by atoms with E-state index in [1.54, 1.807) is 0 Å². The molecule has 19 heavy (non-hydrogen) atoms. The lowest BCUT2D eigenvalue weighted by Crippen LogP contribution is -2.34. The maximum Gasteiger partial charge on any atom is 0.0739 e. The topological polar surface area (TPSA) is 29.9 Å². The Labute approximate surface area is 125 Å². The van der Waals surface area contributed by atoms with Crippen molar-refractivity contribution in [1.29, 1.82) is 0 Å². The molecule has 0 saturated heterocycles. The van der Waals surface area contributed by atoms with Crippen LogP contribution in [0.25, 0.3) is 0 Å². The standard InChI is InChI=1S/C15H26BrN3/c1-4-19-14(15(16)12(3)18-19)10-17-13-9-7-5-6-8-11(13)2/h11,13,17H,4-10H2,1-3H3. The van der Waals surface area contributed by atoms with Crippen molar-refractivity contribution in [3.8, 4) is 0 Å². The molecule has 1 saturated carbocycles. The van der Waals surface area contributed by atoms with Gasteiger partial charge in [0.1, 0.15) is 0 Å². The average molecular weight is 328 g/mol. The molecule has 0 bridgehead atoms. The van der Waals surface area contributed by atoms with Gasteiger partial charge < -0.3 is 5.32 Å². The van der Waals surface area contributed by atoms with E-state index in [0.29, 0.717) is 6.04 Å². The lowest BCUT2D eigenvalue weighted by atomic mass is 9.97. The summed E-state index contributed by atoms with van der Waals surface area (Å²) in [5, 5.41) is 8.33. The minimum atomic E-state index is 0.662. The lowest BCUT2D eigenvalue weighted by molar-refractivity contribution is 0.351. The van der Waals surface area contributed by atoms with Crippen LogP contribution in [0.1, 0.15) is 57.3 Å². The molecule has 0 spiro atoms. The molecule has 1 heterocycles. The summed E-state index contributed by atoms with van der Waals surface area (Å²) in [5.74, 6) is 0.792. The highest BCUT2D eigenvalue weighted by molar-refractivity contribution is 9.10. The van der Waals surface area contributed by atoms with E-state index in [9.17, 15) is 0 Å². The highest BCUT2D eigenvalue weighted by Gasteiger charge is 2.20. The van der Waals surface area contributed by atoms with Crippen LogP contribution in [0.3, 0.4) is 0 Å². The second kappa shape index (κ2) is 6.89. The molecule has 108 valence electrons. The largest absolute Gasteiger partial charge is 0.308 e. The number of rotatable bonds is 4. The van der Waals surface area contributed by atoms with Crippen LogP contribution in [0.5, 0.6) is 0 Å². The van der Waals surface area contributed by atoms with E-state index in [1.165, 1.54) is 42.3 Å². The van der Waals surface area contributed by atoms with Crippen molar-refractivity contribution in [3.63, 3.8) is 0 Å². The van der Waals surface area contributed by atoms with Crippen molar-refractivity contribution in [3.05, 3.63) is 15.9 Å². The summed E-state index contributed by atoms with van der Waals surface area (Å²) in [6, 6.07) is 0.662. The fourth-order valence-electron chi connectivity index (χ4n) is 3.06. The highest BCUT2D eigenvalue weighted by Crippen LogP contribution is 2.25. The van der Waals surface area contributed by atoms with E-state index in [2.05, 4.69) is 51.8 Å². The number of aryl methyl sites for hydroxylation is 2. The van der Waals surface area contributed by atoms with Crippen LogP contribution in [0, 0.1) is 12.8 Å². The van der Waals surface area contributed by atoms with Gasteiger partial charge >= 0.3 is 0 Å². The maximum absolute atomic E-state index is 4.56. The van der Waals surface area contributed by atoms with Gasteiger partial charge in [0, 0.05) is 19.1 Å². The Kier molecular flexibility index (Phi) is 5.46. The van der Waals surface area contributed by atoms with Gasteiger partial charge in [0.2, 0.25) is 0 Å². The molecule has 0 radical (unpaired) electrons. The predicted molar refractivity (Wildman–Crippen MR) is 83.2 cm³/mol. The Morgan fingerprint density at radius 1 is 1.32 bits per heavy atom. The van der Waals surface area contributed by atoms with E-state index in [-0.39, 0.29) is 0 Å². The molecule has 1 N–H and O–H groups in total. The van der Waals surface area contributed by atoms with Crippen LogP contribution in [0.2, 0.25) is 0 Å². The van der Waals surface area contributed by atoms with Gasteiger partial charge in [-0.2, -0.15) is 5.10 Å². The lowest BCUT2D eigenvalue weighted by Gasteiger charge is -2.23. The minimum absolute atomic E-state index is 0.662. The zero-order valence-electron chi connectivity index (χ0n) is 12.4. The first-order valence-electron chi connectivity index (χ1n) is 7.58. The van der Waals surface area contributed by atoms with Gasteiger partial charge in [0.15, 0.2) is 0 Å². The van der Waals surface area contributed by atoms with Crippen molar-refractivity contribution in [2.45, 2.75) is 72.0 Å². The maximum atomic E-state index is 4.56. The normalized spacial score (nSPS) is 24.4. The molecule has 2 atom stereocenters. The third-order valence-electron chi connectivity index (χ3n) is 4.35. The number of nitrogens with one attached hydrogen (secondary N) is 1. The molecule has 1 aromatic heterocycles. The van der Waals surface area contributed by atoms with Crippen LogP contribution in [0.4, 0.5) is 0 Å². The fourth-order valence-corrected chi connectivity index (χ4v) is 3.49. The Hall–Kier alpha value is -0.350. The molecule has 0 aromatic carbocycles. The highest BCUT2D eigenvalue weighted by atomic mass is 79.9. The zero-order chi connectivity index (χ0) is 13.8. The summed E-state index contributed by atoms with van der Waals surface area (Å²) in [6.07, 6.45) is 6.85. The van der Waals surface area contributed by atoms with Gasteiger partial charge in [-0.05, 0) is 48.5 Å². The second-order valence-corrected chi connectivity index (χ2v) is 6.56. The molecule has 1 aromatic rings. The molecule has 2 rings (SSSR count). The number of halogens is 1. The first kappa shape index (κ1) is 15.0. The molecule has 1 fully saturated rings. The zero-order valence-corrected chi connectivity index (χ0v) is 14.0. The van der Waals surface area contributed by atoms with E-state index < -0.39 is 0 Å². The first-order valence-corrected chi connectivity index (χ1v) is 8.38. The van der Waals surface area contributed by atoms with Crippen molar-refractivity contribution < 1.29 is 0 Å². The summed E-state index contributed by atoms with van der Waals surface area (Å²) in [5.41, 5.74) is 2.38. The Morgan fingerprint density at radius 3 is 2.79 bits per heavy atom. The molecule has 0 amide bonds. The van der Waals surface area contributed by atoms with Gasteiger partial charge in [0.25, 0.3) is 0 Å². The smallest absolute Gasteiger partial charge is 0.0739 e. The molecule has 1 aliphatic carbocycles. The van der Waals surface area contributed by atoms with Gasteiger partial charge in [-0.1, -0.05) is 26.2 Å². The summed E-state index contributed by atoms with van der Waals surface area (Å²) < 4.78 is 3.27. The molecule has 3 nitrogen and oxygen atoms in total. The molecule has 4 heteroatoms. The molecular formula is C15H26BrN3. The van der Waals surface area contributed by atoms with Gasteiger partial charge in [-0.15, -0.1) is 0 Å². The van der Waals surface area contributed by atoms with Gasteiger partial charge in [-0.3, -0.25) is 4.68 Å². The van der Waals surface area contributed by atoms with Crippen molar-refractivity contribution in [2.75, 3.05) is 0 Å². The quantitative estimate of drug-likeness (QED) is 0.846. The molecular weight excluding hydrogens is 302 g/mol. The molecule has 2 unspecified atom stereocenters. The number of hydrogen-bond donors (Lipinski definition) is 1. The predicted octanol–water partition coefficient (Wildman–Crippen LogP) is 4.03. The Bertz CT molecular complexity index is 414. The fraction of sp³-hybridized carbons (Fsp3) is 0.800. The summed E-state index contributed by atoms with van der Waals surface area (Å²) in [6.45, 7) is 8.46. The monoisotopic (exact) mass is 327 g/mol. The third-order valence-corrected chi connectivity index (χ3v) is 5.38. The Balaban J connectivity index is 2.01. The van der Waals surface area contributed by atoms with Crippen LogP contribution >= 0.6 is 15.9 Å². The summed E-state index contributed by atoms with van der Waals surface area (Å²) in [7, 11) is 0. The van der Waals surface area contributed by atoms with Crippen molar-refractivity contribution in [2.24, 2.45) is 5.92 Å². The van der Waals surface area contributed by atoms with Crippen molar-refractivity contribution >= 4 is 15.9 Å².